The molecule has 5 heteroatoms. The summed E-state index contributed by atoms with van der Waals surface area (Å²) in [5, 5.41) is 8.68. The molecule has 0 aliphatic rings. The predicted octanol–water partition coefficient (Wildman–Crippen LogP) is 0.726. The summed E-state index contributed by atoms with van der Waals surface area (Å²) in [6.07, 6.45) is 2.77. The number of nitrogens with zero attached hydrogens (tertiary/aromatic N) is 1. The lowest BCUT2D eigenvalue weighted by atomic mass is 10.1. The Morgan fingerprint density at radius 3 is 2.21 bits per heavy atom. The first-order chi connectivity index (χ1) is 6.69. The molecule has 0 saturated heterocycles. The lowest BCUT2D eigenvalue weighted by Gasteiger charge is -2.09. The Hall–Kier alpha value is -1.78. The maximum atomic E-state index is 10.6. The molecule has 0 spiro atoms. The van der Waals surface area contributed by atoms with Gasteiger partial charge in [-0.05, 0) is 0 Å². The molecule has 14 heavy (non-hydrogen) atoms. The molecule has 0 aliphatic carbocycles. The van der Waals surface area contributed by atoms with Gasteiger partial charge in [-0.1, -0.05) is 0 Å². The van der Waals surface area contributed by atoms with Crippen LogP contribution in [-0.2, 0) is 11.2 Å². The van der Waals surface area contributed by atoms with Gasteiger partial charge in [-0.2, -0.15) is 0 Å². The van der Waals surface area contributed by atoms with Gasteiger partial charge in [-0.3, -0.25) is 9.78 Å². The van der Waals surface area contributed by atoms with Crippen molar-refractivity contribution in [1.29, 1.82) is 0 Å². The smallest absolute Gasteiger partial charge is 0.308 e. The van der Waals surface area contributed by atoms with Crippen LogP contribution in [0, 0.1) is 0 Å². The SMILES string of the molecule is COc1cncc(OC)c1CC(=O)O. The van der Waals surface area contributed by atoms with E-state index in [0.717, 1.165) is 0 Å². The van der Waals surface area contributed by atoms with Gasteiger partial charge >= 0.3 is 5.97 Å². The van der Waals surface area contributed by atoms with Crippen LogP contribution in [0.5, 0.6) is 11.5 Å². The maximum absolute atomic E-state index is 10.6. The normalized spacial score (nSPS) is 9.57. The summed E-state index contributed by atoms with van der Waals surface area (Å²) >= 11 is 0. The van der Waals surface area contributed by atoms with Crippen LogP contribution in [0.25, 0.3) is 0 Å². The summed E-state index contributed by atoms with van der Waals surface area (Å²) in [5.41, 5.74) is 0.498. The van der Waals surface area contributed by atoms with Gasteiger partial charge in [0.15, 0.2) is 0 Å². The third-order valence-corrected chi connectivity index (χ3v) is 1.75. The van der Waals surface area contributed by atoms with Crippen molar-refractivity contribution < 1.29 is 19.4 Å². The summed E-state index contributed by atoms with van der Waals surface area (Å²) in [4.78, 5) is 14.4. The highest BCUT2D eigenvalue weighted by Gasteiger charge is 2.13. The standard InChI is InChI=1S/C9H11NO4/c1-13-7-4-10-5-8(14-2)6(7)3-9(11)12/h4-5H,3H2,1-2H3,(H,11,12). The van der Waals surface area contributed by atoms with Crippen molar-refractivity contribution in [2.24, 2.45) is 0 Å². The quantitative estimate of drug-likeness (QED) is 0.770. The average Bonchev–Trinajstić information content (AvgIpc) is 2.17. The fourth-order valence-electron chi connectivity index (χ4n) is 1.13. The Bertz CT molecular complexity index is 315. The molecule has 1 rings (SSSR count). The van der Waals surface area contributed by atoms with Crippen molar-refractivity contribution in [1.82, 2.24) is 4.98 Å². The minimum Gasteiger partial charge on any atom is -0.495 e. The van der Waals surface area contributed by atoms with Crippen LogP contribution >= 0.6 is 0 Å². The summed E-state index contributed by atoms with van der Waals surface area (Å²) < 4.78 is 9.97. The number of hydrogen-bond donors (Lipinski definition) is 1. The number of aromatic nitrogens is 1. The van der Waals surface area contributed by atoms with Crippen molar-refractivity contribution in [3.05, 3.63) is 18.0 Å². The van der Waals surface area contributed by atoms with Gasteiger partial charge in [-0.15, -0.1) is 0 Å². The van der Waals surface area contributed by atoms with Gasteiger partial charge in [0.1, 0.15) is 11.5 Å². The highest BCUT2D eigenvalue weighted by molar-refractivity contribution is 5.72. The maximum Gasteiger partial charge on any atom is 0.308 e. The van der Waals surface area contributed by atoms with E-state index in [1.807, 2.05) is 0 Å². The molecular formula is C9H11NO4. The minimum absolute atomic E-state index is 0.144. The zero-order valence-corrected chi connectivity index (χ0v) is 7.98. The van der Waals surface area contributed by atoms with Crippen LogP contribution in [0.15, 0.2) is 12.4 Å². The van der Waals surface area contributed by atoms with E-state index < -0.39 is 5.97 Å². The summed E-state index contributed by atoms with van der Waals surface area (Å²) in [6, 6.07) is 0. The Morgan fingerprint density at radius 2 is 1.86 bits per heavy atom. The van der Waals surface area contributed by atoms with E-state index in [9.17, 15) is 4.79 Å². The van der Waals surface area contributed by atoms with E-state index in [1.165, 1.54) is 26.6 Å². The van der Waals surface area contributed by atoms with Crippen molar-refractivity contribution in [2.75, 3.05) is 14.2 Å². The second-order valence-electron chi connectivity index (χ2n) is 2.59. The fraction of sp³-hybridized carbons (Fsp3) is 0.333. The number of carbonyl (C=O) groups is 1. The highest BCUT2D eigenvalue weighted by atomic mass is 16.5. The van der Waals surface area contributed by atoms with Crippen LogP contribution in [0.1, 0.15) is 5.56 Å². The van der Waals surface area contributed by atoms with Crippen molar-refractivity contribution >= 4 is 5.97 Å². The minimum atomic E-state index is -0.937. The zero-order valence-electron chi connectivity index (χ0n) is 7.98. The lowest BCUT2D eigenvalue weighted by Crippen LogP contribution is -2.05. The number of carboxylic acid groups (broad SMARTS) is 1. The highest BCUT2D eigenvalue weighted by Crippen LogP contribution is 2.26. The van der Waals surface area contributed by atoms with E-state index in [-0.39, 0.29) is 6.42 Å². The lowest BCUT2D eigenvalue weighted by molar-refractivity contribution is -0.136. The first-order valence-electron chi connectivity index (χ1n) is 3.95. The molecule has 1 heterocycles. The van der Waals surface area contributed by atoms with Gasteiger partial charge in [0.25, 0.3) is 0 Å². The predicted molar refractivity (Wildman–Crippen MR) is 48.7 cm³/mol. The molecule has 0 aliphatic heterocycles. The zero-order chi connectivity index (χ0) is 10.6. The Balaban J connectivity index is 3.12. The van der Waals surface area contributed by atoms with Crippen molar-refractivity contribution in [2.45, 2.75) is 6.42 Å². The molecule has 0 bridgehead atoms. The number of carboxylic acids is 1. The number of hydrogen-bond acceptors (Lipinski definition) is 4. The Kier molecular flexibility index (Phi) is 3.28. The van der Waals surface area contributed by atoms with Gasteiger partial charge < -0.3 is 14.6 Å². The molecule has 0 aromatic carbocycles. The molecule has 0 amide bonds. The van der Waals surface area contributed by atoms with Crippen molar-refractivity contribution in [3.63, 3.8) is 0 Å². The second kappa shape index (κ2) is 4.45. The third-order valence-electron chi connectivity index (χ3n) is 1.75. The molecule has 0 atom stereocenters. The summed E-state index contributed by atoms with van der Waals surface area (Å²) in [7, 11) is 2.92. The van der Waals surface area contributed by atoms with E-state index in [0.29, 0.717) is 17.1 Å². The Morgan fingerprint density at radius 1 is 1.36 bits per heavy atom. The van der Waals surface area contributed by atoms with Crippen LogP contribution in [-0.4, -0.2) is 30.3 Å². The fourth-order valence-corrected chi connectivity index (χ4v) is 1.13. The number of methoxy groups -OCH3 is 2. The summed E-state index contributed by atoms with van der Waals surface area (Å²) in [6.45, 7) is 0. The molecule has 5 nitrogen and oxygen atoms in total. The molecule has 0 radical (unpaired) electrons. The van der Waals surface area contributed by atoms with Gasteiger partial charge in [0.05, 0.1) is 38.6 Å². The topological polar surface area (TPSA) is 68.7 Å². The third kappa shape index (κ3) is 2.12. The van der Waals surface area contributed by atoms with Crippen LogP contribution < -0.4 is 9.47 Å². The molecule has 1 aromatic rings. The monoisotopic (exact) mass is 197 g/mol. The van der Waals surface area contributed by atoms with Gasteiger partial charge in [0, 0.05) is 0 Å². The van der Waals surface area contributed by atoms with Crippen molar-refractivity contribution in [3.8, 4) is 11.5 Å². The number of aliphatic carboxylic acids is 1. The molecule has 76 valence electrons. The van der Waals surface area contributed by atoms with Crippen LogP contribution in [0.2, 0.25) is 0 Å². The molecule has 0 saturated carbocycles. The number of ether oxygens (including phenoxy) is 2. The molecule has 1 aromatic heterocycles. The van der Waals surface area contributed by atoms with E-state index in [2.05, 4.69) is 4.98 Å². The summed E-state index contributed by atoms with van der Waals surface area (Å²) in [5.74, 6) is -0.0914. The molecule has 0 fully saturated rings. The average molecular weight is 197 g/mol. The first-order valence-corrected chi connectivity index (χ1v) is 3.95. The van der Waals surface area contributed by atoms with E-state index in [1.54, 1.807) is 0 Å². The second-order valence-corrected chi connectivity index (χ2v) is 2.59. The number of rotatable bonds is 4. The van der Waals surface area contributed by atoms with Crippen LogP contribution in [0.3, 0.4) is 0 Å². The largest absolute Gasteiger partial charge is 0.495 e. The molecule has 0 unspecified atom stereocenters. The van der Waals surface area contributed by atoms with E-state index in [4.69, 9.17) is 14.6 Å². The van der Waals surface area contributed by atoms with Crippen LogP contribution in [0.4, 0.5) is 0 Å². The van der Waals surface area contributed by atoms with Gasteiger partial charge in [-0.25, -0.2) is 0 Å². The number of pyridine rings is 1. The van der Waals surface area contributed by atoms with E-state index >= 15 is 0 Å². The van der Waals surface area contributed by atoms with Gasteiger partial charge in [0.2, 0.25) is 0 Å². The Labute approximate surface area is 81.3 Å². The molecule has 1 N–H and O–H groups in total. The first kappa shape index (κ1) is 10.3. The molecular weight excluding hydrogens is 186 g/mol.